The van der Waals surface area contributed by atoms with Gasteiger partial charge in [0.1, 0.15) is 0 Å². The second-order valence-electron chi connectivity index (χ2n) is 4.75. The molecule has 1 saturated carbocycles. The van der Waals surface area contributed by atoms with Crippen LogP contribution in [-0.4, -0.2) is 12.6 Å². The summed E-state index contributed by atoms with van der Waals surface area (Å²) in [5.41, 5.74) is 1.65. The Hall–Kier alpha value is -1.09. The summed E-state index contributed by atoms with van der Waals surface area (Å²) in [7, 11) is 0. The third-order valence-corrected chi connectivity index (χ3v) is 3.36. The van der Waals surface area contributed by atoms with E-state index in [-0.39, 0.29) is 11.9 Å². The number of hydrogen-bond donors (Lipinski definition) is 1. The van der Waals surface area contributed by atoms with Crippen molar-refractivity contribution in [2.24, 2.45) is 0 Å². The standard InChI is InChI=1S/C13H16FNO/c1-8-2-5-10-11(15-9-3-4-9)6-7-16-13(10)12(8)14/h2,5,9,11,15H,3-4,6-7H2,1H3. The predicted molar refractivity (Wildman–Crippen MR) is 60.1 cm³/mol. The molecule has 1 fully saturated rings. The molecule has 16 heavy (non-hydrogen) atoms. The van der Waals surface area contributed by atoms with Crippen LogP contribution in [0, 0.1) is 12.7 Å². The largest absolute Gasteiger partial charge is 0.490 e. The molecule has 1 unspecified atom stereocenters. The van der Waals surface area contributed by atoms with Gasteiger partial charge in [-0.2, -0.15) is 0 Å². The second kappa shape index (κ2) is 3.74. The Kier molecular flexibility index (Phi) is 2.36. The molecular weight excluding hydrogens is 205 g/mol. The van der Waals surface area contributed by atoms with Gasteiger partial charge in [0.15, 0.2) is 11.6 Å². The first-order chi connectivity index (χ1) is 7.75. The van der Waals surface area contributed by atoms with Crippen molar-refractivity contribution in [2.45, 2.75) is 38.3 Å². The topological polar surface area (TPSA) is 21.3 Å². The Morgan fingerprint density at radius 2 is 2.12 bits per heavy atom. The van der Waals surface area contributed by atoms with E-state index in [0.29, 0.717) is 24.0 Å². The van der Waals surface area contributed by atoms with Crippen molar-refractivity contribution in [2.75, 3.05) is 6.61 Å². The maximum atomic E-state index is 13.9. The summed E-state index contributed by atoms with van der Waals surface area (Å²) in [6.07, 6.45) is 3.44. The summed E-state index contributed by atoms with van der Waals surface area (Å²) in [5.74, 6) is 0.268. The number of ether oxygens (including phenoxy) is 1. The quantitative estimate of drug-likeness (QED) is 0.829. The zero-order valence-electron chi connectivity index (χ0n) is 9.42. The minimum Gasteiger partial charge on any atom is -0.490 e. The van der Waals surface area contributed by atoms with E-state index < -0.39 is 0 Å². The molecule has 1 aliphatic heterocycles. The van der Waals surface area contributed by atoms with E-state index in [9.17, 15) is 4.39 Å². The summed E-state index contributed by atoms with van der Waals surface area (Å²) in [5, 5.41) is 3.55. The van der Waals surface area contributed by atoms with Gasteiger partial charge in [-0.25, -0.2) is 4.39 Å². The van der Waals surface area contributed by atoms with E-state index in [2.05, 4.69) is 5.32 Å². The molecule has 0 radical (unpaired) electrons. The number of nitrogens with one attached hydrogen (secondary N) is 1. The van der Waals surface area contributed by atoms with Crippen LogP contribution in [0.5, 0.6) is 5.75 Å². The summed E-state index contributed by atoms with van der Waals surface area (Å²) >= 11 is 0. The number of rotatable bonds is 2. The van der Waals surface area contributed by atoms with Crippen molar-refractivity contribution in [1.29, 1.82) is 0 Å². The van der Waals surface area contributed by atoms with Gasteiger partial charge in [0.05, 0.1) is 6.61 Å². The van der Waals surface area contributed by atoms with Gasteiger partial charge in [0.2, 0.25) is 0 Å². The van der Waals surface area contributed by atoms with Crippen molar-refractivity contribution in [3.8, 4) is 5.75 Å². The zero-order chi connectivity index (χ0) is 11.1. The molecule has 3 heteroatoms. The van der Waals surface area contributed by atoms with Crippen LogP contribution in [0.3, 0.4) is 0 Å². The van der Waals surface area contributed by atoms with Gasteiger partial charge in [-0.05, 0) is 25.3 Å². The molecule has 0 bridgehead atoms. The van der Waals surface area contributed by atoms with Crippen LogP contribution in [0.1, 0.15) is 36.4 Å². The second-order valence-corrected chi connectivity index (χ2v) is 4.75. The van der Waals surface area contributed by atoms with Gasteiger partial charge in [-0.3, -0.25) is 0 Å². The summed E-state index contributed by atoms with van der Waals surface area (Å²) in [6.45, 7) is 2.38. The molecule has 0 saturated heterocycles. The highest BCUT2D eigenvalue weighted by Gasteiger charge is 2.30. The van der Waals surface area contributed by atoms with Crippen LogP contribution >= 0.6 is 0 Å². The highest BCUT2D eigenvalue weighted by molar-refractivity contribution is 5.42. The van der Waals surface area contributed by atoms with Crippen LogP contribution < -0.4 is 10.1 Å². The van der Waals surface area contributed by atoms with Crippen molar-refractivity contribution in [1.82, 2.24) is 5.32 Å². The average Bonchev–Trinajstić information content (AvgIpc) is 3.08. The first-order valence-electron chi connectivity index (χ1n) is 5.93. The summed E-state index contributed by atoms with van der Waals surface area (Å²) < 4.78 is 19.3. The van der Waals surface area contributed by atoms with Gasteiger partial charge < -0.3 is 10.1 Å². The summed E-state index contributed by atoms with van der Waals surface area (Å²) in [6, 6.07) is 4.74. The molecule has 2 aliphatic rings. The molecule has 1 aromatic rings. The molecule has 1 N–H and O–H groups in total. The Bertz CT molecular complexity index is 415. The fourth-order valence-corrected chi connectivity index (χ4v) is 2.23. The highest BCUT2D eigenvalue weighted by Crippen LogP contribution is 2.37. The monoisotopic (exact) mass is 221 g/mol. The zero-order valence-corrected chi connectivity index (χ0v) is 9.42. The third kappa shape index (κ3) is 1.69. The van der Waals surface area contributed by atoms with Crippen LogP contribution in [0.25, 0.3) is 0 Å². The fraction of sp³-hybridized carbons (Fsp3) is 0.538. The highest BCUT2D eigenvalue weighted by atomic mass is 19.1. The fourth-order valence-electron chi connectivity index (χ4n) is 2.23. The number of benzene rings is 1. The maximum absolute atomic E-state index is 13.9. The lowest BCUT2D eigenvalue weighted by Gasteiger charge is -2.27. The van der Waals surface area contributed by atoms with E-state index in [1.54, 1.807) is 6.92 Å². The first-order valence-corrected chi connectivity index (χ1v) is 5.93. The van der Waals surface area contributed by atoms with E-state index in [4.69, 9.17) is 4.74 Å². The SMILES string of the molecule is Cc1ccc2c(c1F)OCCC2NC1CC1. The molecular formula is C13H16FNO. The van der Waals surface area contributed by atoms with Crippen molar-refractivity contribution < 1.29 is 9.13 Å². The lowest BCUT2D eigenvalue weighted by atomic mass is 9.98. The van der Waals surface area contributed by atoms with Crippen LogP contribution in [0.15, 0.2) is 12.1 Å². The molecule has 0 spiro atoms. The first kappa shape index (κ1) is 10.1. The lowest BCUT2D eigenvalue weighted by molar-refractivity contribution is 0.239. The molecule has 1 aliphatic carbocycles. The molecule has 86 valence electrons. The van der Waals surface area contributed by atoms with Crippen LogP contribution in [0.2, 0.25) is 0 Å². The number of hydrogen-bond acceptors (Lipinski definition) is 2. The van der Waals surface area contributed by atoms with Crippen molar-refractivity contribution in [3.05, 3.63) is 29.1 Å². The van der Waals surface area contributed by atoms with Gasteiger partial charge in [-0.15, -0.1) is 0 Å². The Morgan fingerprint density at radius 1 is 1.31 bits per heavy atom. The van der Waals surface area contributed by atoms with E-state index in [1.165, 1.54) is 12.8 Å². The Labute approximate surface area is 94.8 Å². The maximum Gasteiger partial charge on any atom is 0.168 e. The lowest BCUT2D eigenvalue weighted by Crippen LogP contribution is -2.29. The molecule has 3 rings (SSSR count). The van der Waals surface area contributed by atoms with Crippen molar-refractivity contribution in [3.63, 3.8) is 0 Å². The molecule has 0 amide bonds. The van der Waals surface area contributed by atoms with Gasteiger partial charge in [-0.1, -0.05) is 12.1 Å². The van der Waals surface area contributed by atoms with E-state index in [0.717, 1.165) is 12.0 Å². The van der Waals surface area contributed by atoms with Gasteiger partial charge >= 0.3 is 0 Å². The summed E-state index contributed by atoms with van der Waals surface area (Å²) in [4.78, 5) is 0. The molecule has 0 aromatic heterocycles. The normalized spacial score (nSPS) is 23.8. The minimum atomic E-state index is -0.195. The van der Waals surface area contributed by atoms with E-state index in [1.807, 2.05) is 12.1 Å². The molecule has 2 nitrogen and oxygen atoms in total. The van der Waals surface area contributed by atoms with Gasteiger partial charge in [0, 0.05) is 24.1 Å². The van der Waals surface area contributed by atoms with Crippen LogP contribution in [-0.2, 0) is 0 Å². The van der Waals surface area contributed by atoms with Crippen LogP contribution in [0.4, 0.5) is 4.39 Å². The number of aryl methyl sites for hydroxylation is 1. The smallest absolute Gasteiger partial charge is 0.168 e. The Morgan fingerprint density at radius 3 is 2.88 bits per heavy atom. The van der Waals surface area contributed by atoms with Gasteiger partial charge in [0.25, 0.3) is 0 Å². The van der Waals surface area contributed by atoms with E-state index >= 15 is 0 Å². The molecule has 1 atom stereocenters. The average molecular weight is 221 g/mol. The van der Waals surface area contributed by atoms with Crippen molar-refractivity contribution >= 4 is 0 Å². The Balaban J connectivity index is 1.94. The number of fused-ring (bicyclic) bond motifs is 1. The minimum absolute atomic E-state index is 0.195. The number of halogens is 1. The molecule has 1 heterocycles. The predicted octanol–water partition coefficient (Wildman–Crippen LogP) is 2.71. The third-order valence-electron chi connectivity index (χ3n) is 3.36. The molecule has 1 aromatic carbocycles.